The summed E-state index contributed by atoms with van der Waals surface area (Å²) in [6.45, 7) is 9.15. The molecule has 0 bridgehead atoms. The van der Waals surface area contributed by atoms with Crippen LogP contribution < -0.4 is 4.57 Å². The molecular formula is C33H28N3+. The highest BCUT2D eigenvalue weighted by Crippen LogP contribution is 2.43. The maximum absolute atomic E-state index is 10.1. The summed E-state index contributed by atoms with van der Waals surface area (Å²) >= 11 is 0. The Morgan fingerprint density at radius 3 is 2.42 bits per heavy atom. The van der Waals surface area contributed by atoms with E-state index < -0.39 is 0 Å². The van der Waals surface area contributed by atoms with Gasteiger partial charge in [-0.2, -0.15) is 5.26 Å². The van der Waals surface area contributed by atoms with Gasteiger partial charge < -0.3 is 4.40 Å². The second-order valence-electron chi connectivity index (χ2n) is 11.5. The summed E-state index contributed by atoms with van der Waals surface area (Å²) in [5.74, 6) is 0. The summed E-state index contributed by atoms with van der Waals surface area (Å²) in [4.78, 5) is 0. The molecule has 0 aliphatic carbocycles. The van der Waals surface area contributed by atoms with E-state index in [2.05, 4.69) is 105 Å². The van der Waals surface area contributed by atoms with Crippen molar-refractivity contribution in [2.45, 2.75) is 34.1 Å². The fourth-order valence-corrected chi connectivity index (χ4v) is 6.43. The lowest BCUT2D eigenvalue weighted by Gasteiger charge is -2.19. The van der Waals surface area contributed by atoms with Crippen molar-refractivity contribution in [1.82, 2.24) is 4.40 Å². The van der Waals surface area contributed by atoms with E-state index in [1.54, 1.807) is 0 Å². The van der Waals surface area contributed by atoms with E-state index in [1.165, 1.54) is 54.5 Å². The standard InChI is InChI=1S/C33H28N3/c1-19-26-15-20(17-33(2,3)4)9-10-22(26)16-27-28(19)32-29-21(13-14-35(32)5)11-12-25-24-8-6-7-23(18-34)30(24)36(27)31(25)29/h6-16H,17H2,1-5H3/q+1. The molecule has 0 atom stereocenters. The molecule has 0 saturated heterocycles. The Hall–Kier alpha value is -4.16. The van der Waals surface area contributed by atoms with Crippen LogP contribution in [-0.2, 0) is 13.5 Å². The number of rotatable bonds is 1. The molecule has 4 aromatic carbocycles. The molecule has 7 rings (SSSR count). The summed E-state index contributed by atoms with van der Waals surface area (Å²) in [6.07, 6.45) is 3.21. The Bertz CT molecular complexity index is 2080. The first kappa shape index (κ1) is 21.1. The number of benzene rings is 4. The van der Waals surface area contributed by atoms with E-state index in [-0.39, 0.29) is 5.41 Å². The second kappa shape index (κ2) is 6.95. The van der Waals surface area contributed by atoms with Gasteiger partial charge in [0, 0.05) is 16.8 Å². The van der Waals surface area contributed by atoms with E-state index in [0.29, 0.717) is 5.56 Å². The zero-order valence-corrected chi connectivity index (χ0v) is 21.4. The van der Waals surface area contributed by atoms with E-state index in [1.807, 2.05) is 12.1 Å². The summed E-state index contributed by atoms with van der Waals surface area (Å²) in [6, 6.07) is 24.5. The predicted octanol–water partition coefficient (Wildman–Crippen LogP) is 7.74. The molecule has 0 aliphatic rings. The molecular weight excluding hydrogens is 438 g/mol. The lowest BCUT2D eigenvalue weighted by molar-refractivity contribution is -0.643. The fourth-order valence-electron chi connectivity index (χ4n) is 6.43. The number of para-hydroxylation sites is 1. The van der Waals surface area contributed by atoms with Gasteiger partial charge in [0.05, 0.1) is 32.9 Å². The molecule has 3 heterocycles. The summed E-state index contributed by atoms with van der Waals surface area (Å²) < 4.78 is 4.63. The molecule has 7 aromatic rings. The van der Waals surface area contributed by atoms with Crippen LogP contribution in [0.4, 0.5) is 0 Å². The van der Waals surface area contributed by atoms with Crippen LogP contribution in [0.5, 0.6) is 0 Å². The van der Waals surface area contributed by atoms with Gasteiger partial charge >= 0.3 is 0 Å². The summed E-state index contributed by atoms with van der Waals surface area (Å²) in [7, 11) is 2.15. The maximum atomic E-state index is 10.1. The zero-order valence-electron chi connectivity index (χ0n) is 21.4. The van der Waals surface area contributed by atoms with E-state index in [4.69, 9.17) is 0 Å². The fraction of sp³-hybridized carbons (Fsp3) is 0.212. The van der Waals surface area contributed by atoms with Crippen molar-refractivity contribution in [1.29, 1.82) is 5.26 Å². The van der Waals surface area contributed by atoms with Crippen LogP contribution in [0.3, 0.4) is 0 Å². The van der Waals surface area contributed by atoms with Gasteiger partial charge in [0.2, 0.25) is 5.52 Å². The van der Waals surface area contributed by atoms with Crippen molar-refractivity contribution in [3.8, 4) is 6.07 Å². The number of aryl methyl sites for hydroxylation is 2. The molecule has 0 amide bonds. The highest BCUT2D eigenvalue weighted by Gasteiger charge is 2.25. The Kier molecular flexibility index (Phi) is 4.09. The number of nitrogens with zero attached hydrogens (tertiary/aromatic N) is 3. The van der Waals surface area contributed by atoms with E-state index in [9.17, 15) is 5.26 Å². The van der Waals surface area contributed by atoms with Crippen LogP contribution in [-0.4, -0.2) is 4.40 Å². The third-order valence-electron chi connectivity index (χ3n) is 7.83. The van der Waals surface area contributed by atoms with Crippen molar-refractivity contribution >= 4 is 59.8 Å². The van der Waals surface area contributed by atoms with Crippen LogP contribution in [0.2, 0.25) is 0 Å². The lowest BCUT2D eigenvalue weighted by atomic mass is 9.86. The average molecular weight is 467 g/mol. The summed E-state index contributed by atoms with van der Waals surface area (Å²) in [5.41, 5.74) is 8.23. The normalized spacial score (nSPS) is 12.7. The molecule has 3 heteroatoms. The monoisotopic (exact) mass is 466 g/mol. The lowest BCUT2D eigenvalue weighted by Crippen LogP contribution is -2.28. The highest BCUT2D eigenvalue weighted by atomic mass is 15.0. The number of aromatic nitrogens is 2. The third kappa shape index (κ3) is 2.70. The van der Waals surface area contributed by atoms with Gasteiger partial charge in [-0.15, -0.1) is 0 Å². The van der Waals surface area contributed by atoms with Gasteiger partial charge in [-0.05, 0) is 58.2 Å². The molecule has 0 radical (unpaired) electrons. The molecule has 36 heavy (non-hydrogen) atoms. The molecule has 0 fully saturated rings. The smallest absolute Gasteiger partial charge is 0.224 e. The molecule has 0 N–H and O–H groups in total. The number of pyridine rings is 2. The SMILES string of the molecule is Cc1c2cc(CC(C)(C)C)ccc2cc2c1c1c3c(ccc4c5cccc(C#N)c5n2c43)cc[n+]1C. The van der Waals surface area contributed by atoms with Gasteiger partial charge in [-0.1, -0.05) is 63.2 Å². The molecule has 3 nitrogen and oxygen atoms in total. The molecule has 174 valence electrons. The molecule has 0 aliphatic heterocycles. The van der Waals surface area contributed by atoms with Gasteiger partial charge in [0.1, 0.15) is 13.1 Å². The Morgan fingerprint density at radius 2 is 1.64 bits per heavy atom. The Morgan fingerprint density at radius 1 is 0.861 bits per heavy atom. The van der Waals surface area contributed by atoms with Gasteiger partial charge in [-0.3, -0.25) is 0 Å². The maximum Gasteiger partial charge on any atom is 0.224 e. The number of hydrogen-bond acceptors (Lipinski definition) is 1. The quantitative estimate of drug-likeness (QED) is 0.138. The minimum Gasteiger partial charge on any atom is -0.306 e. The minimum atomic E-state index is 0.232. The van der Waals surface area contributed by atoms with Gasteiger partial charge in [0.15, 0.2) is 6.20 Å². The number of nitriles is 1. The van der Waals surface area contributed by atoms with Crippen molar-refractivity contribution in [2.24, 2.45) is 12.5 Å². The second-order valence-corrected chi connectivity index (χ2v) is 11.5. The van der Waals surface area contributed by atoms with Crippen molar-refractivity contribution in [3.63, 3.8) is 0 Å². The van der Waals surface area contributed by atoms with Crippen molar-refractivity contribution < 1.29 is 4.57 Å². The van der Waals surface area contributed by atoms with Crippen molar-refractivity contribution in [3.05, 3.63) is 83.6 Å². The van der Waals surface area contributed by atoms with Gasteiger partial charge in [0.25, 0.3) is 0 Å². The van der Waals surface area contributed by atoms with E-state index in [0.717, 1.165) is 22.8 Å². The first-order valence-corrected chi connectivity index (χ1v) is 12.6. The van der Waals surface area contributed by atoms with Crippen LogP contribution in [0.25, 0.3) is 59.8 Å². The Labute approximate surface area is 210 Å². The number of fused-ring (bicyclic) bond motifs is 7. The first-order valence-electron chi connectivity index (χ1n) is 12.6. The molecule has 0 saturated carbocycles. The minimum absolute atomic E-state index is 0.232. The highest BCUT2D eigenvalue weighted by molar-refractivity contribution is 6.28. The van der Waals surface area contributed by atoms with Crippen molar-refractivity contribution in [2.75, 3.05) is 0 Å². The van der Waals surface area contributed by atoms with Gasteiger partial charge in [-0.25, -0.2) is 4.57 Å². The largest absolute Gasteiger partial charge is 0.306 e. The third-order valence-corrected chi connectivity index (χ3v) is 7.83. The number of hydrogen-bond donors (Lipinski definition) is 0. The van der Waals surface area contributed by atoms with E-state index >= 15 is 0 Å². The van der Waals surface area contributed by atoms with Crippen LogP contribution in [0.15, 0.2) is 66.9 Å². The predicted molar refractivity (Wildman–Crippen MR) is 150 cm³/mol. The Balaban J connectivity index is 1.80. The summed E-state index contributed by atoms with van der Waals surface area (Å²) in [5, 5.41) is 18.7. The first-order chi connectivity index (χ1) is 17.3. The average Bonchev–Trinajstić information content (AvgIpc) is 3.19. The van der Waals surface area contributed by atoms with Crippen LogP contribution in [0.1, 0.15) is 37.5 Å². The molecule has 0 spiro atoms. The molecule has 3 aromatic heterocycles. The molecule has 0 unspecified atom stereocenters. The van der Waals surface area contributed by atoms with Crippen LogP contribution in [0, 0.1) is 23.7 Å². The topological polar surface area (TPSA) is 32.1 Å². The zero-order chi connectivity index (χ0) is 24.9. The van der Waals surface area contributed by atoms with Crippen LogP contribution >= 0.6 is 0 Å².